The lowest BCUT2D eigenvalue weighted by molar-refractivity contribution is -0.142. The quantitative estimate of drug-likeness (QED) is 0.386. The topological polar surface area (TPSA) is 114 Å². The van der Waals surface area contributed by atoms with Crippen LogP contribution in [-0.4, -0.2) is 54.1 Å². The SMILES string of the molecule is C#CN(C(=O)C(C)NC(=O)OC(C)(C)C)C(C(=O)NCC(=O)OC)c1cccc(C)c1. The summed E-state index contributed by atoms with van der Waals surface area (Å²) in [5.41, 5.74) is 0.530. The van der Waals surface area contributed by atoms with Gasteiger partial charge in [-0.25, -0.2) is 4.79 Å². The van der Waals surface area contributed by atoms with Gasteiger partial charge < -0.3 is 20.1 Å². The van der Waals surface area contributed by atoms with Gasteiger partial charge in [0.15, 0.2) is 0 Å². The van der Waals surface area contributed by atoms with Crippen molar-refractivity contribution < 1.29 is 28.7 Å². The second kappa shape index (κ2) is 11.0. The Morgan fingerprint density at radius 3 is 2.39 bits per heavy atom. The minimum atomic E-state index is -1.23. The molecule has 9 heteroatoms. The number of esters is 1. The molecule has 0 aliphatic rings. The van der Waals surface area contributed by atoms with Crippen molar-refractivity contribution in [3.63, 3.8) is 0 Å². The number of terminal acetylenes is 1. The van der Waals surface area contributed by atoms with Crippen LogP contribution >= 0.6 is 0 Å². The molecule has 0 saturated carbocycles. The lowest BCUT2D eigenvalue weighted by Crippen LogP contribution is -2.50. The molecule has 0 bridgehead atoms. The van der Waals surface area contributed by atoms with E-state index in [1.807, 2.05) is 13.0 Å². The first-order valence-electron chi connectivity index (χ1n) is 9.59. The Hall–Kier alpha value is -3.54. The van der Waals surface area contributed by atoms with Crippen LogP contribution in [0.3, 0.4) is 0 Å². The van der Waals surface area contributed by atoms with E-state index in [0.717, 1.165) is 10.5 Å². The molecule has 3 amide bonds. The highest BCUT2D eigenvalue weighted by Gasteiger charge is 2.34. The van der Waals surface area contributed by atoms with E-state index in [0.29, 0.717) is 5.56 Å². The van der Waals surface area contributed by atoms with Crippen LogP contribution in [0.1, 0.15) is 44.9 Å². The zero-order chi connectivity index (χ0) is 23.8. The monoisotopic (exact) mass is 431 g/mol. The van der Waals surface area contributed by atoms with Crippen molar-refractivity contribution in [1.82, 2.24) is 15.5 Å². The zero-order valence-electron chi connectivity index (χ0n) is 18.6. The molecule has 168 valence electrons. The summed E-state index contributed by atoms with van der Waals surface area (Å²) >= 11 is 0. The first-order chi connectivity index (χ1) is 14.4. The smallest absolute Gasteiger partial charge is 0.408 e. The number of carbonyl (C=O) groups is 4. The molecule has 0 aliphatic heterocycles. The Kier molecular flexibility index (Phi) is 9.06. The van der Waals surface area contributed by atoms with Crippen molar-refractivity contribution in [3.8, 4) is 12.5 Å². The highest BCUT2D eigenvalue weighted by atomic mass is 16.6. The maximum atomic E-state index is 13.0. The van der Waals surface area contributed by atoms with Gasteiger partial charge >= 0.3 is 12.1 Å². The maximum absolute atomic E-state index is 13.0. The number of nitrogens with zero attached hydrogens (tertiary/aromatic N) is 1. The van der Waals surface area contributed by atoms with E-state index in [1.165, 1.54) is 14.0 Å². The van der Waals surface area contributed by atoms with Gasteiger partial charge in [0.25, 0.3) is 5.91 Å². The number of alkyl carbamates (subject to hydrolysis) is 1. The summed E-state index contributed by atoms with van der Waals surface area (Å²) in [7, 11) is 1.19. The van der Waals surface area contributed by atoms with E-state index in [4.69, 9.17) is 11.2 Å². The molecule has 0 spiro atoms. The van der Waals surface area contributed by atoms with Crippen LogP contribution in [0.25, 0.3) is 0 Å². The summed E-state index contributed by atoms with van der Waals surface area (Å²) in [6.45, 7) is 7.92. The van der Waals surface area contributed by atoms with Crippen molar-refractivity contribution >= 4 is 23.9 Å². The molecule has 9 nitrogen and oxygen atoms in total. The highest BCUT2D eigenvalue weighted by Crippen LogP contribution is 2.23. The third-order valence-corrected chi connectivity index (χ3v) is 3.98. The van der Waals surface area contributed by atoms with Crippen LogP contribution in [0.15, 0.2) is 24.3 Å². The molecule has 1 aromatic rings. The Morgan fingerprint density at radius 2 is 1.87 bits per heavy atom. The third-order valence-electron chi connectivity index (χ3n) is 3.98. The Bertz CT molecular complexity index is 869. The molecule has 0 aliphatic carbocycles. The Balaban J connectivity index is 3.17. The fourth-order valence-corrected chi connectivity index (χ4v) is 2.61. The molecule has 0 radical (unpaired) electrons. The fourth-order valence-electron chi connectivity index (χ4n) is 2.61. The molecule has 2 atom stereocenters. The van der Waals surface area contributed by atoms with E-state index >= 15 is 0 Å². The molecule has 2 unspecified atom stereocenters. The van der Waals surface area contributed by atoms with E-state index in [1.54, 1.807) is 39.0 Å². The summed E-state index contributed by atoms with van der Waals surface area (Å²) in [5.74, 6) is -2.03. The second-order valence-electron chi connectivity index (χ2n) is 7.82. The number of carbonyl (C=O) groups excluding carboxylic acids is 4. The van der Waals surface area contributed by atoms with E-state index < -0.39 is 48.1 Å². The lowest BCUT2D eigenvalue weighted by Gasteiger charge is -2.29. The number of rotatable bonds is 7. The van der Waals surface area contributed by atoms with Gasteiger partial charge in [0.1, 0.15) is 24.2 Å². The number of methoxy groups -OCH3 is 1. The van der Waals surface area contributed by atoms with Gasteiger partial charge in [-0.05, 0) is 40.2 Å². The second-order valence-corrected chi connectivity index (χ2v) is 7.82. The number of ether oxygens (including phenoxy) is 2. The van der Waals surface area contributed by atoms with Gasteiger partial charge in [-0.2, -0.15) is 0 Å². The molecule has 1 rings (SSSR count). The molecular weight excluding hydrogens is 402 g/mol. The number of hydrogen-bond donors (Lipinski definition) is 2. The predicted octanol–water partition coefficient (Wildman–Crippen LogP) is 1.66. The Morgan fingerprint density at radius 1 is 1.23 bits per heavy atom. The number of benzene rings is 1. The predicted molar refractivity (Wildman–Crippen MR) is 113 cm³/mol. The van der Waals surface area contributed by atoms with Gasteiger partial charge in [-0.15, -0.1) is 0 Å². The van der Waals surface area contributed by atoms with E-state index in [2.05, 4.69) is 21.4 Å². The molecule has 1 aromatic carbocycles. The molecule has 31 heavy (non-hydrogen) atoms. The average molecular weight is 431 g/mol. The van der Waals surface area contributed by atoms with Gasteiger partial charge in [0, 0.05) is 6.04 Å². The van der Waals surface area contributed by atoms with Crippen LogP contribution < -0.4 is 10.6 Å². The summed E-state index contributed by atoms with van der Waals surface area (Å²) in [4.78, 5) is 50.2. The van der Waals surface area contributed by atoms with E-state index in [9.17, 15) is 19.2 Å². The van der Waals surface area contributed by atoms with Crippen LogP contribution in [0, 0.1) is 19.4 Å². The first kappa shape index (κ1) is 25.5. The first-order valence-corrected chi connectivity index (χ1v) is 9.59. The molecule has 0 fully saturated rings. The fraction of sp³-hybridized carbons (Fsp3) is 0.455. The largest absolute Gasteiger partial charge is 0.468 e. The molecule has 2 N–H and O–H groups in total. The van der Waals surface area contributed by atoms with Crippen molar-refractivity contribution in [1.29, 1.82) is 0 Å². The van der Waals surface area contributed by atoms with Crippen LogP contribution in [0.4, 0.5) is 4.79 Å². The van der Waals surface area contributed by atoms with Crippen molar-refractivity contribution in [2.24, 2.45) is 0 Å². The number of nitrogens with one attached hydrogen (secondary N) is 2. The number of aryl methyl sites for hydroxylation is 1. The van der Waals surface area contributed by atoms with Crippen LogP contribution in [-0.2, 0) is 23.9 Å². The number of hydrogen-bond acceptors (Lipinski definition) is 6. The van der Waals surface area contributed by atoms with Gasteiger partial charge in [-0.3, -0.25) is 19.3 Å². The lowest BCUT2D eigenvalue weighted by atomic mass is 10.0. The van der Waals surface area contributed by atoms with Crippen molar-refractivity contribution in [3.05, 3.63) is 35.4 Å². The summed E-state index contributed by atoms with van der Waals surface area (Å²) in [6, 6.07) is 6.79. The van der Waals surface area contributed by atoms with Crippen LogP contribution in [0.2, 0.25) is 0 Å². The molecule has 0 saturated heterocycles. The summed E-state index contributed by atoms with van der Waals surface area (Å²) in [5, 5.41) is 4.83. The van der Waals surface area contributed by atoms with Crippen molar-refractivity contribution in [2.45, 2.75) is 52.3 Å². The third kappa shape index (κ3) is 8.01. The maximum Gasteiger partial charge on any atom is 0.408 e. The van der Waals surface area contributed by atoms with Crippen LogP contribution in [0.5, 0.6) is 0 Å². The zero-order valence-corrected chi connectivity index (χ0v) is 18.6. The van der Waals surface area contributed by atoms with Crippen molar-refractivity contribution in [2.75, 3.05) is 13.7 Å². The molecule has 0 aromatic heterocycles. The Labute approximate surface area is 182 Å². The summed E-state index contributed by atoms with van der Waals surface area (Å²) < 4.78 is 9.68. The highest BCUT2D eigenvalue weighted by molar-refractivity contribution is 5.94. The average Bonchev–Trinajstić information content (AvgIpc) is 2.67. The van der Waals surface area contributed by atoms with Gasteiger partial charge in [0.05, 0.1) is 7.11 Å². The molecular formula is C22H29N3O6. The molecule has 0 heterocycles. The number of amides is 3. The van der Waals surface area contributed by atoms with E-state index in [-0.39, 0.29) is 0 Å². The van der Waals surface area contributed by atoms with Gasteiger partial charge in [0.2, 0.25) is 5.91 Å². The minimum Gasteiger partial charge on any atom is -0.468 e. The summed E-state index contributed by atoms with van der Waals surface area (Å²) in [6.07, 6.45) is 4.78. The minimum absolute atomic E-state index is 0.393. The normalized spacial score (nSPS) is 12.5. The standard InChI is InChI=1S/C22H29N3O6/c1-8-25(20(28)15(3)24-21(29)31-22(4,5)6)18(16-11-9-10-14(2)12-16)19(27)23-13-17(26)30-7/h1,9-12,15,18H,13H2,2-7H3,(H,23,27)(H,24,29). The van der Waals surface area contributed by atoms with Gasteiger partial charge in [-0.1, -0.05) is 36.3 Å².